The first kappa shape index (κ1) is 15.4. The summed E-state index contributed by atoms with van der Waals surface area (Å²) in [6.45, 7) is 1.95. The quantitative estimate of drug-likeness (QED) is 0.734. The second-order valence-electron chi connectivity index (χ2n) is 5.15. The zero-order valence-electron chi connectivity index (χ0n) is 13.0. The number of nitrogens with zero attached hydrogens (tertiary/aromatic N) is 2. The highest BCUT2D eigenvalue weighted by molar-refractivity contribution is 7.98. The molecule has 0 aliphatic rings. The van der Waals surface area contributed by atoms with Crippen LogP contribution < -0.4 is 5.32 Å². The second-order valence-corrected chi connectivity index (χ2v) is 6.03. The first-order valence-corrected chi connectivity index (χ1v) is 8.44. The molecule has 1 amide bonds. The van der Waals surface area contributed by atoms with Crippen molar-refractivity contribution in [1.29, 1.82) is 0 Å². The highest BCUT2D eigenvalue weighted by Gasteiger charge is 2.10. The van der Waals surface area contributed by atoms with Crippen LogP contribution in [0.3, 0.4) is 0 Å². The number of imidazole rings is 1. The Morgan fingerprint density at radius 2 is 1.96 bits per heavy atom. The minimum Gasteiger partial charge on any atom is -0.322 e. The lowest BCUT2D eigenvalue weighted by Gasteiger charge is -2.10. The SMILES string of the molecule is CSc1ccc(C)c(C(=O)Nc2ccc(-n3ccnc3)cc2)c1. The van der Waals surface area contributed by atoms with Gasteiger partial charge in [0.25, 0.3) is 5.91 Å². The number of carbonyl (C=O) groups excluding carboxylic acids is 1. The van der Waals surface area contributed by atoms with Gasteiger partial charge < -0.3 is 9.88 Å². The second kappa shape index (κ2) is 6.71. The molecule has 3 aromatic rings. The summed E-state index contributed by atoms with van der Waals surface area (Å²) in [5, 5.41) is 2.95. The molecule has 0 aliphatic carbocycles. The summed E-state index contributed by atoms with van der Waals surface area (Å²) in [6.07, 6.45) is 7.36. The fourth-order valence-corrected chi connectivity index (χ4v) is 2.74. The van der Waals surface area contributed by atoms with Crippen molar-refractivity contribution in [2.24, 2.45) is 0 Å². The van der Waals surface area contributed by atoms with Crippen LogP contribution in [0, 0.1) is 6.92 Å². The Labute approximate surface area is 139 Å². The number of carbonyl (C=O) groups is 1. The van der Waals surface area contributed by atoms with Gasteiger partial charge in [0.05, 0.1) is 6.33 Å². The molecule has 0 bridgehead atoms. The zero-order valence-corrected chi connectivity index (χ0v) is 13.8. The molecule has 0 fully saturated rings. The molecule has 1 heterocycles. The molecule has 0 unspecified atom stereocenters. The first-order valence-electron chi connectivity index (χ1n) is 7.22. The smallest absolute Gasteiger partial charge is 0.255 e. The van der Waals surface area contributed by atoms with E-state index in [9.17, 15) is 4.79 Å². The normalized spacial score (nSPS) is 10.5. The van der Waals surface area contributed by atoms with Crippen LogP contribution in [0.5, 0.6) is 0 Å². The van der Waals surface area contributed by atoms with Crippen LogP contribution in [0.15, 0.2) is 66.1 Å². The summed E-state index contributed by atoms with van der Waals surface area (Å²) in [5.74, 6) is -0.0891. The molecule has 0 aliphatic heterocycles. The molecule has 4 nitrogen and oxygen atoms in total. The van der Waals surface area contributed by atoms with E-state index in [2.05, 4.69) is 10.3 Å². The van der Waals surface area contributed by atoms with Crippen molar-refractivity contribution in [2.75, 3.05) is 11.6 Å². The van der Waals surface area contributed by atoms with Gasteiger partial charge in [0.15, 0.2) is 0 Å². The molecule has 0 atom stereocenters. The average Bonchev–Trinajstić information content (AvgIpc) is 3.10. The van der Waals surface area contributed by atoms with Crippen molar-refractivity contribution in [3.8, 4) is 5.69 Å². The van der Waals surface area contributed by atoms with E-state index in [-0.39, 0.29) is 5.91 Å². The number of aryl methyl sites for hydroxylation is 1. The van der Waals surface area contributed by atoms with Gasteiger partial charge in [-0.3, -0.25) is 4.79 Å². The van der Waals surface area contributed by atoms with Gasteiger partial charge in [0, 0.05) is 34.2 Å². The van der Waals surface area contributed by atoms with Gasteiger partial charge in [-0.05, 0) is 55.1 Å². The topological polar surface area (TPSA) is 46.9 Å². The molecule has 2 aromatic carbocycles. The Hall–Kier alpha value is -2.53. The lowest BCUT2D eigenvalue weighted by molar-refractivity contribution is 0.102. The van der Waals surface area contributed by atoms with Gasteiger partial charge in [0.2, 0.25) is 0 Å². The van der Waals surface area contributed by atoms with Crippen LogP contribution in [0.25, 0.3) is 5.69 Å². The van der Waals surface area contributed by atoms with Crippen LogP contribution in [0.1, 0.15) is 15.9 Å². The number of anilines is 1. The van der Waals surface area contributed by atoms with Gasteiger partial charge in [-0.25, -0.2) is 4.98 Å². The molecule has 0 saturated heterocycles. The lowest BCUT2D eigenvalue weighted by Crippen LogP contribution is -2.13. The Balaban J connectivity index is 1.78. The largest absolute Gasteiger partial charge is 0.322 e. The predicted octanol–water partition coefficient (Wildman–Crippen LogP) is 4.15. The number of hydrogen-bond donors (Lipinski definition) is 1. The maximum Gasteiger partial charge on any atom is 0.255 e. The molecule has 0 spiro atoms. The molecule has 3 rings (SSSR count). The Morgan fingerprint density at radius 1 is 1.17 bits per heavy atom. The van der Waals surface area contributed by atoms with Crippen molar-refractivity contribution in [3.05, 3.63) is 72.3 Å². The van der Waals surface area contributed by atoms with Gasteiger partial charge in [0.1, 0.15) is 0 Å². The number of hydrogen-bond acceptors (Lipinski definition) is 3. The summed E-state index contributed by atoms with van der Waals surface area (Å²) >= 11 is 1.63. The third-order valence-electron chi connectivity index (χ3n) is 3.62. The summed E-state index contributed by atoms with van der Waals surface area (Å²) in [5.41, 5.74) is 3.44. The van der Waals surface area contributed by atoms with Crippen molar-refractivity contribution in [2.45, 2.75) is 11.8 Å². The van der Waals surface area contributed by atoms with E-state index in [1.807, 2.05) is 66.4 Å². The molecule has 5 heteroatoms. The van der Waals surface area contributed by atoms with Crippen LogP contribution in [-0.4, -0.2) is 21.7 Å². The number of thioether (sulfide) groups is 1. The molecule has 116 valence electrons. The van der Waals surface area contributed by atoms with E-state index < -0.39 is 0 Å². The number of amides is 1. The van der Waals surface area contributed by atoms with Gasteiger partial charge in [-0.15, -0.1) is 11.8 Å². The third kappa shape index (κ3) is 3.46. The van der Waals surface area contributed by atoms with Gasteiger partial charge in [-0.2, -0.15) is 0 Å². The predicted molar refractivity (Wildman–Crippen MR) is 94.5 cm³/mol. The monoisotopic (exact) mass is 323 g/mol. The Morgan fingerprint density at radius 3 is 2.61 bits per heavy atom. The van der Waals surface area contributed by atoms with Crippen molar-refractivity contribution in [1.82, 2.24) is 9.55 Å². The molecule has 1 aromatic heterocycles. The molecule has 23 heavy (non-hydrogen) atoms. The van der Waals surface area contributed by atoms with Crippen LogP contribution >= 0.6 is 11.8 Å². The summed E-state index contributed by atoms with van der Waals surface area (Å²) in [4.78, 5) is 17.6. The van der Waals surface area contributed by atoms with E-state index in [0.29, 0.717) is 5.56 Å². The van der Waals surface area contributed by atoms with E-state index >= 15 is 0 Å². The minimum atomic E-state index is -0.0891. The standard InChI is InChI=1S/C18H17N3OS/c1-13-3-8-16(23-2)11-17(13)18(22)20-14-4-6-15(7-5-14)21-10-9-19-12-21/h3-12H,1-2H3,(H,20,22). The van der Waals surface area contributed by atoms with Crippen molar-refractivity contribution in [3.63, 3.8) is 0 Å². The zero-order chi connectivity index (χ0) is 16.2. The Bertz CT molecular complexity index is 811. The Kier molecular flexibility index (Phi) is 4.48. The minimum absolute atomic E-state index is 0.0891. The van der Waals surface area contributed by atoms with Crippen LogP contribution in [-0.2, 0) is 0 Å². The fourth-order valence-electron chi connectivity index (χ4n) is 2.30. The lowest BCUT2D eigenvalue weighted by atomic mass is 10.1. The number of aromatic nitrogens is 2. The van der Waals surface area contributed by atoms with E-state index in [1.165, 1.54) is 0 Å². The highest BCUT2D eigenvalue weighted by Crippen LogP contribution is 2.20. The molecule has 0 saturated carbocycles. The molecule has 1 N–H and O–H groups in total. The maximum absolute atomic E-state index is 12.5. The summed E-state index contributed by atoms with van der Waals surface area (Å²) in [6, 6.07) is 13.6. The van der Waals surface area contributed by atoms with E-state index in [1.54, 1.807) is 24.3 Å². The molecule has 0 radical (unpaired) electrons. The van der Waals surface area contributed by atoms with Crippen molar-refractivity contribution >= 4 is 23.4 Å². The summed E-state index contributed by atoms with van der Waals surface area (Å²) in [7, 11) is 0. The molecular formula is C18H17N3OS. The number of benzene rings is 2. The van der Waals surface area contributed by atoms with Crippen molar-refractivity contribution < 1.29 is 4.79 Å². The maximum atomic E-state index is 12.5. The average molecular weight is 323 g/mol. The van der Waals surface area contributed by atoms with Gasteiger partial charge in [-0.1, -0.05) is 6.07 Å². The van der Waals surface area contributed by atoms with E-state index in [4.69, 9.17) is 0 Å². The van der Waals surface area contributed by atoms with Crippen LogP contribution in [0.4, 0.5) is 5.69 Å². The fraction of sp³-hybridized carbons (Fsp3) is 0.111. The number of rotatable bonds is 4. The molecular weight excluding hydrogens is 306 g/mol. The number of nitrogens with one attached hydrogen (secondary N) is 1. The first-order chi connectivity index (χ1) is 11.2. The van der Waals surface area contributed by atoms with Crippen LogP contribution in [0.2, 0.25) is 0 Å². The highest BCUT2D eigenvalue weighted by atomic mass is 32.2. The van der Waals surface area contributed by atoms with E-state index in [0.717, 1.165) is 21.8 Å². The summed E-state index contributed by atoms with van der Waals surface area (Å²) < 4.78 is 1.91. The van der Waals surface area contributed by atoms with Gasteiger partial charge >= 0.3 is 0 Å². The third-order valence-corrected chi connectivity index (χ3v) is 4.34.